The van der Waals surface area contributed by atoms with Gasteiger partial charge in [-0.25, -0.2) is 4.79 Å². The Balaban J connectivity index is 2.08. The molecule has 0 unspecified atom stereocenters. The fraction of sp³-hybridized carbons (Fsp3) is 0.0769. The standard InChI is InChI=1S/C13H11NO3S2/c1-18-9-4-2-8(3-5-9)12(15)14-11-7-6-10(19-11)13(16)17/h2-7H,1H3,(H,14,15)(H,16,17). The quantitative estimate of drug-likeness (QED) is 0.848. The van der Waals surface area contributed by atoms with Gasteiger partial charge < -0.3 is 10.4 Å². The Bertz CT molecular complexity index is 605. The van der Waals surface area contributed by atoms with Gasteiger partial charge in [0.15, 0.2) is 0 Å². The molecule has 0 fully saturated rings. The molecular formula is C13H11NO3S2. The molecule has 2 aromatic rings. The molecule has 0 spiro atoms. The maximum absolute atomic E-state index is 11.9. The van der Waals surface area contributed by atoms with Crippen LogP contribution in [0.5, 0.6) is 0 Å². The van der Waals surface area contributed by atoms with Crippen LogP contribution in [0.3, 0.4) is 0 Å². The summed E-state index contributed by atoms with van der Waals surface area (Å²) in [6.07, 6.45) is 1.97. The van der Waals surface area contributed by atoms with Crippen molar-refractivity contribution in [2.75, 3.05) is 11.6 Å². The summed E-state index contributed by atoms with van der Waals surface area (Å²) in [6.45, 7) is 0. The second-order valence-electron chi connectivity index (χ2n) is 3.65. The highest BCUT2D eigenvalue weighted by atomic mass is 32.2. The van der Waals surface area contributed by atoms with Gasteiger partial charge in [-0.1, -0.05) is 0 Å². The first kappa shape index (κ1) is 13.6. The number of thioether (sulfide) groups is 1. The molecule has 4 nitrogen and oxygen atoms in total. The minimum atomic E-state index is -0.991. The first-order valence-electron chi connectivity index (χ1n) is 5.38. The van der Waals surface area contributed by atoms with E-state index in [0.29, 0.717) is 10.6 Å². The Labute approximate surface area is 118 Å². The van der Waals surface area contributed by atoms with Crippen LogP contribution in [0.1, 0.15) is 20.0 Å². The van der Waals surface area contributed by atoms with Gasteiger partial charge in [0.05, 0.1) is 5.00 Å². The highest BCUT2D eigenvalue weighted by Crippen LogP contribution is 2.23. The van der Waals surface area contributed by atoms with Crippen LogP contribution >= 0.6 is 23.1 Å². The lowest BCUT2D eigenvalue weighted by atomic mass is 10.2. The molecular weight excluding hydrogens is 282 g/mol. The molecule has 98 valence electrons. The van der Waals surface area contributed by atoms with Gasteiger partial charge in [0.1, 0.15) is 4.88 Å². The van der Waals surface area contributed by atoms with E-state index in [2.05, 4.69) is 5.32 Å². The zero-order valence-electron chi connectivity index (χ0n) is 10.0. The zero-order valence-corrected chi connectivity index (χ0v) is 11.7. The normalized spacial score (nSPS) is 10.2. The molecule has 0 radical (unpaired) electrons. The van der Waals surface area contributed by atoms with Crippen LogP contribution < -0.4 is 5.32 Å². The largest absolute Gasteiger partial charge is 0.477 e. The van der Waals surface area contributed by atoms with Gasteiger partial charge in [-0.3, -0.25) is 4.79 Å². The van der Waals surface area contributed by atoms with Crippen LogP contribution in [-0.2, 0) is 0 Å². The molecule has 1 amide bonds. The van der Waals surface area contributed by atoms with Gasteiger partial charge in [0, 0.05) is 10.5 Å². The maximum atomic E-state index is 11.9. The molecule has 19 heavy (non-hydrogen) atoms. The number of hydrogen-bond acceptors (Lipinski definition) is 4. The molecule has 1 heterocycles. The second kappa shape index (κ2) is 5.90. The molecule has 0 aliphatic carbocycles. The lowest BCUT2D eigenvalue weighted by Crippen LogP contribution is -2.10. The topological polar surface area (TPSA) is 66.4 Å². The second-order valence-corrected chi connectivity index (χ2v) is 5.62. The molecule has 0 aliphatic rings. The van der Waals surface area contributed by atoms with E-state index >= 15 is 0 Å². The summed E-state index contributed by atoms with van der Waals surface area (Å²) in [5.74, 6) is -1.23. The van der Waals surface area contributed by atoms with Crippen molar-refractivity contribution in [1.29, 1.82) is 0 Å². The number of benzene rings is 1. The van der Waals surface area contributed by atoms with Crippen LogP contribution in [0.2, 0.25) is 0 Å². The van der Waals surface area contributed by atoms with Crippen LogP contribution in [0.4, 0.5) is 5.00 Å². The number of carboxylic acids is 1. The third kappa shape index (κ3) is 3.36. The third-order valence-corrected chi connectivity index (χ3v) is 4.14. The summed E-state index contributed by atoms with van der Waals surface area (Å²) in [5, 5.41) is 12.0. The van der Waals surface area contributed by atoms with E-state index in [4.69, 9.17) is 5.11 Å². The number of carbonyl (C=O) groups excluding carboxylic acids is 1. The molecule has 0 bridgehead atoms. The monoisotopic (exact) mass is 293 g/mol. The predicted molar refractivity (Wildman–Crippen MR) is 77.5 cm³/mol. The van der Waals surface area contributed by atoms with E-state index < -0.39 is 5.97 Å². The number of hydrogen-bond donors (Lipinski definition) is 2. The fourth-order valence-electron chi connectivity index (χ4n) is 1.45. The molecule has 2 rings (SSSR count). The molecule has 6 heteroatoms. The molecule has 1 aromatic carbocycles. The number of thiophene rings is 1. The summed E-state index contributed by atoms with van der Waals surface area (Å²) in [7, 11) is 0. The Morgan fingerprint density at radius 3 is 2.37 bits per heavy atom. The summed E-state index contributed by atoms with van der Waals surface area (Å²) < 4.78 is 0. The van der Waals surface area contributed by atoms with Crippen molar-refractivity contribution in [3.63, 3.8) is 0 Å². The van der Waals surface area contributed by atoms with E-state index in [-0.39, 0.29) is 10.8 Å². The first-order chi connectivity index (χ1) is 9.10. The molecule has 0 saturated heterocycles. The Morgan fingerprint density at radius 2 is 1.84 bits per heavy atom. The van der Waals surface area contributed by atoms with Crippen LogP contribution in [-0.4, -0.2) is 23.2 Å². The van der Waals surface area contributed by atoms with Gasteiger partial charge in [-0.05, 0) is 42.7 Å². The van der Waals surface area contributed by atoms with Crippen LogP contribution in [0, 0.1) is 0 Å². The van der Waals surface area contributed by atoms with Crippen LogP contribution in [0.15, 0.2) is 41.3 Å². The van der Waals surface area contributed by atoms with Gasteiger partial charge in [0.2, 0.25) is 0 Å². The van der Waals surface area contributed by atoms with E-state index in [0.717, 1.165) is 16.2 Å². The van der Waals surface area contributed by atoms with Gasteiger partial charge in [0.25, 0.3) is 5.91 Å². The van der Waals surface area contributed by atoms with Gasteiger partial charge >= 0.3 is 5.97 Å². The number of carbonyl (C=O) groups is 2. The van der Waals surface area contributed by atoms with E-state index in [1.165, 1.54) is 6.07 Å². The number of anilines is 1. The first-order valence-corrected chi connectivity index (χ1v) is 7.43. The minimum absolute atomic E-state index is 0.202. The summed E-state index contributed by atoms with van der Waals surface area (Å²) >= 11 is 2.64. The Morgan fingerprint density at radius 1 is 1.16 bits per heavy atom. The van der Waals surface area contributed by atoms with Crippen molar-refractivity contribution in [2.24, 2.45) is 0 Å². The number of nitrogens with one attached hydrogen (secondary N) is 1. The SMILES string of the molecule is CSc1ccc(C(=O)Nc2ccc(C(=O)O)s2)cc1. The van der Waals surface area contributed by atoms with E-state index in [1.807, 2.05) is 18.4 Å². The molecule has 0 aliphatic heterocycles. The summed E-state index contributed by atoms with van der Waals surface area (Å²) in [4.78, 5) is 24.0. The summed E-state index contributed by atoms with van der Waals surface area (Å²) in [6, 6.07) is 10.3. The number of aromatic carboxylic acids is 1. The summed E-state index contributed by atoms with van der Waals surface area (Å²) in [5.41, 5.74) is 0.545. The molecule has 2 N–H and O–H groups in total. The molecule has 0 saturated carbocycles. The average molecular weight is 293 g/mol. The lowest BCUT2D eigenvalue weighted by molar-refractivity contribution is 0.0702. The van der Waals surface area contributed by atoms with Crippen molar-refractivity contribution in [3.05, 3.63) is 46.8 Å². The van der Waals surface area contributed by atoms with E-state index in [9.17, 15) is 9.59 Å². The Hall–Kier alpha value is -1.79. The van der Waals surface area contributed by atoms with Gasteiger partial charge in [-0.2, -0.15) is 0 Å². The molecule has 1 aromatic heterocycles. The average Bonchev–Trinajstić information content (AvgIpc) is 2.87. The smallest absolute Gasteiger partial charge is 0.345 e. The van der Waals surface area contributed by atoms with Crippen molar-refractivity contribution in [1.82, 2.24) is 0 Å². The van der Waals surface area contributed by atoms with Crippen molar-refractivity contribution < 1.29 is 14.7 Å². The fourth-order valence-corrected chi connectivity index (χ4v) is 2.59. The van der Waals surface area contributed by atoms with Crippen molar-refractivity contribution in [3.8, 4) is 0 Å². The van der Waals surface area contributed by atoms with Crippen molar-refractivity contribution in [2.45, 2.75) is 4.90 Å². The predicted octanol–water partition coefficient (Wildman–Crippen LogP) is 3.42. The number of amides is 1. The zero-order chi connectivity index (χ0) is 13.8. The third-order valence-electron chi connectivity index (χ3n) is 2.41. The highest BCUT2D eigenvalue weighted by Gasteiger charge is 2.10. The van der Waals surface area contributed by atoms with Crippen molar-refractivity contribution >= 4 is 40.0 Å². The van der Waals surface area contributed by atoms with E-state index in [1.54, 1.807) is 30.0 Å². The highest BCUT2D eigenvalue weighted by molar-refractivity contribution is 7.98. The van der Waals surface area contributed by atoms with Gasteiger partial charge in [-0.15, -0.1) is 23.1 Å². The molecule has 0 atom stereocenters. The maximum Gasteiger partial charge on any atom is 0.345 e. The Kier molecular flexibility index (Phi) is 4.24. The minimum Gasteiger partial charge on any atom is -0.477 e. The van der Waals surface area contributed by atoms with Crippen LogP contribution in [0.25, 0.3) is 0 Å². The number of carboxylic acid groups (broad SMARTS) is 1. The number of rotatable bonds is 4. The lowest BCUT2D eigenvalue weighted by Gasteiger charge is -2.03.